The zero-order valence-electron chi connectivity index (χ0n) is 10.6. The highest BCUT2D eigenvalue weighted by molar-refractivity contribution is 8.03. The number of nitrogens with zero attached hydrogens (tertiary/aromatic N) is 1. The summed E-state index contributed by atoms with van der Waals surface area (Å²) in [5, 5.41) is 1.11. The van der Waals surface area contributed by atoms with Gasteiger partial charge in [-0.05, 0) is 31.9 Å². The third-order valence-corrected chi connectivity index (χ3v) is 4.68. The highest BCUT2D eigenvalue weighted by atomic mass is 32.2. The molecule has 1 aromatic rings. The van der Waals surface area contributed by atoms with Gasteiger partial charge in [0.2, 0.25) is 0 Å². The molecule has 3 heteroatoms. The van der Waals surface area contributed by atoms with Crippen LogP contribution in [0.5, 0.6) is 0 Å². The van der Waals surface area contributed by atoms with Gasteiger partial charge in [-0.15, -0.1) is 0 Å². The molecule has 0 amide bonds. The standard InChI is InChI=1S/C15H17NOS/c1-11(17)10-15-16(12-6-2-3-7-12)13-8-4-5-9-14(13)18-15/h4-5,8-10,12H,2-3,6-7H2,1H3/b15-10+. The van der Waals surface area contributed by atoms with E-state index in [0.29, 0.717) is 6.04 Å². The van der Waals surface area contributed by atoms with Crippen LogP contribution in [0.4, 0.5) is 5.69 Å². The Balaban J connectivity index is 2.01. The Morgan fingerprint density at radius 2 is 2.06 bits per heavy atom. The second-order valence-electron chi connectivity index (χ2n) is 4.97. The smallest absolute Gasteiger partial charge is 0.155 e. The molecule has 0 radical (unpaired) electrons. The Labute approximate surface area is 112 Å². The Morgan fingerprint density at radius 3 is 2.78 bits per heavy atom. The topological polar surface area (TPSA) is 20.3 Å². The van der Waals surface area contributed by atoms with Gasteiger partial charge in [-0.1, -0.05) is 36.7 Å². The number of fused-ring (bicyclic) bond motifs is 1. The summed E-state index contributed by atoms with van der Waals surface area (Å²) in [5.74, 6) is 0.133. The summed E-state index contributed by atoms with van der Waals surface area (Å²) in [5.41, 5.74) is 1.28. The predicted octanol–water partition coefficient (Wildman–Crippen LogP) is 3.97. The summed E-state index contributed by atoms with van der Waals surface area (Å²) in [6.45, 7) is 1.63. The average molecular weight is 259 g/mol. The molecule has 0 spiro atoms. The number of para-hydroxylation sites is 1. The highest BCUT2D eigenvalue weighted by Crippen LogP contribution is 2.48. The normalized spacial score (nSPS) is 21.6. The largest absolute Gasteiger partial charge is 0.332 e. The minimum absolute atomic E-state index is 0.133. The van der Waals surface area contributed by atoms with Crippen molar-refractivity contribution in [3.63, 3.8) is 0 Å². The molecule has 0 saturated heterocycles. The predicted molar refractivity (Wildman–Crippen MR) is 75.8 cm³/mol. The molecule has 1 aliphatic heterocycles. The molecule has 0 unspecified atom stereocenters. The van der Waals surface area contributed by atoms with E-state index >= 15 is 0 Å². The number of rotatable bonds is 2. The maximum Gasteiger partial charge on any atom is 0.155 e. The van der Waals surface area contributed by atoms with E-state index < -0.39 is 0 Å². The van der Waals surface area contributed by atoms with Gasteiger partial charge in [-0.3, -0.25) is 4.79 Å². The highest BCUT2D eigenvalue weighted by Gasteiger charge is 2.32. The van der Waals surface area contributed by atoms with E-state index in [9.17, 15) is 4.79 Å². The molecule has 0 bridgehead atoms. The second-order valence-corrected chi connectivity index (χ2v) is 6.03. The second kappa shape index (κ2) is 4.81. The maximum atomic E-state index is 11.4. The Morgan fingerprint density at radius 1 is 1.33 bits per heavy atom. The zero-order chi connectivity index (χ0) is 12.5. The SMILES string of the molecule is CC(=O)/C=C1/Sc2ccccc2N1C1CCCC1. The molecule has 1 aromatic carbocycles. The van der Waals surface area contributed by atoms with Crippen LogP contribution in [0.1, 0.15) is 32.6 Å². The number of thioether (sulfide) groups is 1. The van der Waals surface area contributed by atoms with Crippen LogP contribution in [0.25, 0.3) is 0 Å². The Bertz CT molecular complexity index is 503. The molecule has 0 aromatic heterocycles. The summed E-state index contributed by atoms with van der Waals surface area (Å²) in [6.07, 6.45) is 6.87. The van der Waals surface area contributed by atoms with Crippen LogP contribution in [0.2, 0.25) is 0 Å². The molecule has 0 atom stereocenters. The quantitative estimate of drug-likeness (QED) is 0.749. The van der Waals surface area contributed by atoms with Crippen LogP contribution in [-0.4, -0.2) is 11.8 Å². The molecule has 1 aliphatic carbocycles. The van der Waals surface area contributed by atoms with Crippen LogP contribution in [0.15, 0.2) is 40.3 Å². The number of carbonyl (C=O) groups excluding carboxylic acids is 1. The molecule has 18 heavy (non-hydrogen) atoms. The minimum atomic E-state index is 0.133. The lowest BCUT2D eigenvalue weighted by Gasteiger charge is -2.27. The number of anilines is 1. The van der Waals surface area contributed by atoms with Gasteiger partial charge in [0, 0.05) is 17.0 Å². The first-order valence-corrected chi connectivity index (χ1v) is 7.36. The van der Waals surface area contributed by atoms with Crippen LogP contribution in [0, 0.1) is 0 Å². The van der Waals surface area contributed by atoms with E-state index in [-0.39, 0.29) is 5.78 Å². The molecule has 94 valence electrons. The molecule has 0 N–H and O–H groups in total. The van der Waals surface area contributed by atoms with Gasteiger partial charge in [0.1, 0.15) is 0 Å². The van der Waals surface area contributed by atoms with Crippen molar-refractivity contribution in [1.29, 1.82) is 0 Å². The zero-order valence-corrected chi connectivity index (χ0v) is 11.4. The number of hydrogen-bond acceptors (Lipinski definition) is 3. The van der Waals surface area contributed by atoms with Crippen molar-refractivity contribution >= 4 is 23.2 Å². The maximum absolute atomic E-state index is 11.4. The van der Waals surface area contributed by atoms with Crippen molar-refractivity contribution in [1.82, 2.24) is 0 Å². The lowest BCUT2D eigenvalue weighted by atomic mass is 10.2. The molecular weight excluding hydrogens is 242 g/mol. The Hall–Kier alpha value is -1.22. The van der Waals surface area contributed by atoms with Crippen molar-refractivity contribution in [3.8, 4) is 0 Å². The number of allylic oxidation sites excluding steroid dienone is 1. The van der Waals surface area contributed by atoms with E-state index in [1.165, 1.54) is 36.3 Å². The fraction of sp³-hybridized carbons (Fsp3) is 0.400. The van der Waals surface area contributed by atoms with Gasteiger partial charge in [-0.25, -0.2) is 0 Å². The van der Waals surface area contributed by atoms with Gasteiger partial charge < -0.3 is 4.90 Å². The van der Waals surface area contributed by atoms with Gasteiger partial charge in [0.15, 0.2) is 5.78 Å². The lowest BCUT2D eigenvalue weighted by molar-refractivity contribution is -0.112. The van der Waals surface area contributed by atoms with Gasteiger partial charge in [-0.2, -0.15) is 0 Å². The van der Waals surface area contributed by atoms with E-state index in [0.717, 1.165) is 5.03 Å². The summed E-state index contributed by atoms with van der Waals surface area (Å²) in [7, 11) is 0. The van der Waals surface area contributed by atoms with E-state index in [1.807, 2.05) is 0 Å². The number of benzene rings is 1. The van der Waals surface area contributed by atoms with Crippen molar-refractivity contribution in [3.05, 3.63) is 35.4 Å². The third-order valence-electron chi connectivity index (χ3n) is 3.59. The van der Waals surface area contributed by atoms with Crippen LogP contribution in [-0.2, 0) is 4.79 Å². The third kappa shape index (κ3) is 2.07. The number of ketones is 1. The summed E-state index contributed by atoms with van der Waals surface area (Å²) < 4.78 is 0. The lowest BCUT2D eigenvalue weighted by Crippen LogP contribution is -2.29. The number of carbonyl (C=O) groups is 1. The summed E-state index contributed by atoms with van der Waals surface area (Å²) in [4.78, 5) is 15.1. The van der Waals surface area contributed by atoms with Crippen molar-refractivity contribution < 1.29 is 4.79 Å². The van der Waals surface area contributed by atoms with E-state index in [2.05, 4.69) is 29.2 Å². The Kier molecular flexibility index (Phi) is 3.16. The average Bonchev–Trinajstić information content (AvgIpc) is 2.93. The van der Waals surface area contributed by atoms with Gasteiger partial charge in [0.05, 0.1) is 10.7 Å². The fourth-order valence-electron chi connectivity index (χ4n) is 2.84. The van der Waals surface area contributed by atoms with E-state index in [1.54, 1.807) is 24.8 Å². The minimum Gasteiger partial charge on any atom is -0.332 e. The van der Waals surface area contributed by atoms with Crippen molar-refractivity contribution in [2.45, 2.75) is 43.5 Å². The van der Waals surface area contributed by atoms with E-state index in [4.69, 9.17) is 0 Å². The first kappa shape index (κ1) is 11.8. The first-order chi connectivity index (χ1) is 8.75. The molecule has 2 aliphatic rings. The molecule has 3 rings (SSSR count). The van der Waals surface area contributed by atoms with Gasteiger partial charge in [0.25, 0.3) is 0 Å². The summed E-state index contributed by atoms with van der Waals surface area (Å²) in [6, 6.07) is 9.03. The number of hydrogen-bond donors (Lipinski definition) is 0. The van der Waals surface area contributed by atoms with Crippen molar-refractivity contribution in [2.75, 3.05) is 4.90 Å². The molecule has 2 nitrogen and oxygen atoms in total. The molecule has 1 fully saturated rings. The molecule has 1 saturated carbocycles. The summed E-state index contributed by atoms with van der Waals surface area (Å²) >= 11 is 1.73. The van der Waals surface area contributed by atoms with Crippen LogP contribution >= 0.6 is 11.8 Å². The molecular formula is C15H17NOS. The monoisotopic (exact) mass is 259 g/mol. The first-order valence-electron chi connectivity index (χ1n) is 6.54. The molecule has 1 heterocycles. The van der Waals surface area contributed by atoms with Crippen molar-refractivity contribution in [2.24, 2.45) is 0 Å². The van der Waals surface area contributed by atoms with Crippen LogP contribution < -0.4 is 4.90 Å². The van der Waals surface area contributed by atoms with Gasteiger partial charge >= 0.3 is 0 Å². The van der Waals surface area contributed by atoms with Crippen LogP contribution in [0.3, 0.4) is 0 Å². The fourth-order valence-corrected chi connectivity index (χ4v) is 4.05.